The highest BCUT2D eigenvalue weighted by molar-refractivity contribution is 7.22. The van der Waals surface area contributed by atoms with Crippen LogP contribution in [-0.4, -0.2) is 33.5 Å². The van der Waals surface area contributed by atoms with Gasteiger partial charge in [0.25, 0.3) is 5.91 Å². The quantitative estimate of drug-likeness (QED) is 0.564. The van der Waals surface area contributed by atoms with Crippen LogP contribution in [0.15, 0.2) is 61.1 Å². The average Bonchev–Trinajstić information content (AvgIpc) is 3.47. The lowest BCUT2D eigenvalue weighted by Gasteiger charge is -2.11. The van der Waals surface area contributed by atoms with Gasteiger partial charge in [-0.1, -0.05) is 29.5 Å². The van der Waals surface area contributed by atoms with Gasteiger partial charge in [-0.15, -0.1) is 0 Å². The predicted octanol–water partition coefficient (Wildman–Crippen LogP) is 4.33. The number of amides is 1. The van der Waals surface area contributed by atoms with Crippen molar-refractivity contribution in [2.45, 2.75) is 12.8 Å². The van der Waals surface area contributed by atoms with Gasteiger partial charge in [0.05, 0.1) is 22.7 Å². The fourth-order valence-electron chi connectivity index (χ4n) is 3.49. The smallest absolute Gasteiger partial charge is 0.274 e. The fraction of sp³-hybridized carbons (Fsp3) is 0.190. The molecule has 0 saturated carbocycles. The molecular formula is C21H19N5OS. The average molecular weight is 389 g/mol. The van der Waals surface area contributed by atoms with Gasteiger partial charge in [-0.25, -0.2) is 9.97 Å². The summed E-state index contributed by atoms with van der Waals surface area (Å²) in [6.07, 6.45) is 5.69. The number of imidazole rings is 1. The second-order valence-corrected chi connectivity index (χ2v) is 7.82. The minimum atomic E-state index is -0.190. The summed E-state index contributed by atoms with van der Waals surface area (Å²) in [6, 6.07) is 15.6. The number of carbonyl (C=O) groups excluding carboxylic acids is 1. The van der Waals surface area contributed by atoms with Crippen molar-refractivity contribution in [3.8, 4) is 5.69 Å². The largest absolute Gasteiger partial charge is 0.348 e. The molecule has 0 aliphatic carbocycles. The first kappa shape index (κ1) is 16.9. The Morgan fingerprint density at radius 1 is 1.07 bits per heavy atom. The van der Waals surface area contributed by atoms with E-state index in [-0.39, 0.29) is 5.91 Å². The molecule has 5 rings (SSSR count). The Labute approximate surface area is 166 Å². The number of carbonyl (C=O) groups is 1. The van der Waals surface area contributed by atoms with Crippen LogP contribution in [-0.2, 0) is 0 Å². The van der Waals surface area contributed by atoms with Crippen molar-refractivity contribution in [2.24, 2.45) is 0 Å². The van der Waals surface area contributed by atoms with E-state index in [4.69, 9.17) is 4.98 Å². The summed E-state index contributed by atoms with van der Waals surface area (Å²) in [5.41, 5.74) is 3.13. The van der Waals surface area contributed by atoms with Gasteiger partial charge in [-0.05, 0) is 43.2 Å². The SMILES string of the molecule is O=C(Nc1ccc2nc(N3CCCC3)sc2c1)c1cncn1-c1ccccc1. The molecule has 2 aromatic carbocycles. The van der Waals surface area contributed by atoms with Crippen molar-refractivity contribution in [2.75, 3.05) is 23.3 Å². The van der Waals surface area contributed by atoms with Crippen LogP contribution in [0.4, 0.5) is 10.8 Å². The predicted molar refractivity (Wildman–Crippen MR) is 113 cm³/mol. The van der Waals surface area contributed by atoms with Gasteiger partial charge in [0.1, 0.15) is 5.69 Å². The van der Waals surface area contributed by atoms with Crippen LogP contribution >= 0.6 is 11.3 Å². The first-order chi connectivity index (χ1) is 13.8. The molecule has 1 saturated heterocycles. The van der Waals surface area contributed by atoms with Crippen LogP contribution in [0.2, 0.25) is 0 Å². The molecular weight excluding hydrogens is 370 g/mol. The lowest BCUT2D eigenvalue weighted by atomic mass is 10.2. The molecule has 6 nitrogen and oxygen atoms in total. The van der Waals surface area contributed by atoms with Gasteiger partial charge in [0, 0.05) is 24.5 Å². The Balaban J connectivity index is 1.39. The van der Waals surface area contributed by atoms with Crippen molar-refractivity contribution in [1.29, 1.82) is 0 Å². The second-order valence-electron chi connectivity index (χ2n) is 6.81. The molecule has 1 N–H and O–H groups in total. The highest BCUT2D eigenvalue weighted by atomic mass is 32.1. The summed E-state index contributed by atoms with van der Waals surface area (Å²) < 4.78 is 2.86. The topological polar surface area (TPSA) is 63.1 Å². The van der Waals surface area contributed by atoms with Gasteiger partial charge in [-0.3, -0.25) is 9.36 Å². The van der Waals surface area contributed by atoms with Crippen LogP contribution < -0.4 is 10.2 Å². The summed E-state index contributed by atoms with van der Waals surface area (Å²) in [5.74, 6) is -0.190. The van der Waals surface area contributed by atoms with Crippen molar-refractivity contribution in [1.82, 2.24) is 14.5 Å². The summed E-state index contributed by atoms with van der Waals surface area (Å²) in [7, 11) is 0. The highest BCUT2D eigenvalue weighted by Crippen LogP contribution is 2.32. The summed E-state index contributed by atoms with van der Waals surface area (Å²) in [4.78, 5) is 24.0. The number of anilines is 2. The van der Waals surface area contributed by atoms with Crippen LogP contribution in [0.3, 0.4) is 0 Å². The lowest BCUT2D eigenvalue weighted by molar-refractivity contribution is 0.102. The number of aromatic nitrogens is 3. The molecule has 140 valence electrons. The maximum atomic E-state index is 12.8. The number of nitrogens with zero attached hydrogens (tertiary/aromatic N) is 4. The molecule has 2 aromatic heterocycles. The van der Waals surface area contributed by atoms with Crippen LogP contribution in [0.25, 0.3) is 15.9 Å². The van der Waals surface area contributed by atoms with Gasteiger partial charge in [-0.2, -0.15) is 0 Å². The van der Waals surface area contributed by atoms with E-state index in [1.165, 1.54) is 12.8 Å². The van der Waals surface area contributed by atoms with E-state index in [0.717, 1.165) is 39.8 Å². The molecule has 0 bridgehead atoms. The number of para-hydroxylation sites is 1. The first-order valence-electron chi connectivity index (χ1n) is 9.32. The number of nitrogens with one attached hydrogen (secondary N) is 1. The fourth-order valence-corrected chi connectivity index (χ4v) is 4.54. The van der Waals surface area contributed by atoms with Gasteiger partial charge in [0.15, 0.2) is 5.13 Å². The molecule has 1 amide bonds. The zero-order valence-corrected chi connectivity index (χ0v) is 16.0. The van der Waals surface area contributed by atoms with Gasteiger partial charge >= 0.3 is 0 Å². The Hall–Kier alpha value is -3.19. The Morgan fingerprint density at radius 2 is 1.89 bits per heavy atom. The minimum absolute atomic E-state index is 0.190. The zero-order valence-electron chi connectivity index (χ0n) is 15.2. The number of hydrogen-bond donors (Lipinski definition) is 1. The van der Waals surface area contributed by atoms with Crippen LogP contribution in [0, 0.1) is 0 Å². The van der Waals surface area contributed by atoms with E-state index >= 15 is 0 Å². The molecule has 1 aliphatic heterocycles. The first-order valence-corrected chi connectivity index (χ1v) is 10.1. The Bertz CT molecular complexity index is 1130. The van der Waals surface area contributed by atoms with Crippen molar-refractivity contribution in [3.63, 3.8) is 0 Å². The third-order valence-corrected chi connectivity index (χ3v) is 6.00. The van der Waals surface area contributed by atoms with E-state index < -0.39 is 0 Å². The molecule has 0 unspecified atom stereocenters. The maximum absolute atomic E-state index is 12.8. The molecule has 7 heteroatoms. The van der Waals surface area contributed by atoms with E-state index in [2.05, 4.69) is 15.2 Å². The summed E-state index contributed by atoms with van der Waals surface area (Å²) in [5, 5.41) is 4.06. The van der Waals surface area contributed by atoms with E-state index in [9.17, 15) is 4.79 Å². The van der Waals surface area contributed by atoms with E-state index in [1.807, 2.05) is 48.5 Å². The molecule has 3 heterocycles. The zero-order chi connectivity index (χ0) is 18.9. The summed E-state index contributed by atoms with van der Waals surface area (Å²) in [6.45, 7) is 2.15. The Kier molecular flexibility index (Phi) is 4.29. The molecule has 1 aliphatic rings. The number of rotatable bonds is 4. The van der Waals surface area contributed by atoms with Gasteiger partial charge in [0.2, 0.25) is 0 Å². The van der Waals surface area contributed by atoms with Crippen molar-refractivity contribution in [3.05, 3.63) is 66.7 Å². The second kappa shape index (κ2) is 7.09. The molecule has 0 radical (unpaired) electrons. The number of thiazole rings is 1. The molecule has 4 aromatic rings. The molecule has 0 spiro atoms. The maximum Gasteiger partial charge on any atom is 0.274 e. The number of benzene rings is 2. The highest BCUT2D eigenvalue weighted by Gasteiger charge is 2.17. The van der Waals surface area contributed by atoms with Crippen LogP contribution in [0.1, 0.15) is 23.3 Å². The standard InChI is InChI=1S/C21H19N5OS/c27-20(18-13-22-14-26(18)16-6-2-1-3-7-16)23-15-8-9-17-19(12-15)28-21(24-17)25-10-4-5-11-25/h1-3,6-9,12-14H,4-5,10-11H2,(H,23,27). The molecule has 1 fully saturated rings. The Morgan fingerprint density at radius 3 is 2.71 bits per heavy atom. The lowest BCUT2D eigenvalue weighted by Crippen LogP contribution is -2.16. The normalized spacial score (nSPS) is 13.9. The van der Waals surface area contributed by atoms with E-state index in [0.29, 0.717) is 5.69 Å². The van der Waals surface area contributed by atoms with Crippen LogP contribution in [0.5, 0.6) is 0 Å². The van der Waals surface area contributed by atoms with E-state index in [1.54, 1.807) is 28.4 Å². The molecule has 0 atom stereocenters. The number of fused-ring (bicyclic) bond motifs is 1. The third-order valence-electron chi connectivity index (χ3n) is 4.92. The molecule has 28 heavy (non-hydrogen) atoms. The monoisotopic (exact) mass is 389 g/mol. The summed E-state index contributed by atoms with van der Waals surface area (Å²) >= 11 is 1.68. The minimum Gasteiger partial charge on any atom is -0.348 e. The number of hydrogen-bond acceptors (Lipinski definition) is 5. The third kappa shape index (κ3) is 3.14. The van der Waals surface area contributed by atoms with Crippen molar-refractivity contribution >= 4 is 38.3 Å². The van der Waals surface area contributed by atoms with Crippen molar-refractivity contribution < 1.29 is 4.79 Å². The van der Waals surface area contributed by atoms with Gasteiger partial charge < -0.3 is 10.2 Å².